The summed E-state index contributed by atoms with van der Waals surface area (Å²) in [7, 11) is -5.57. The molecule has 0 aliphatic heterocycles. The van der Waals surface area contributed by atoms with Gasteiger partial charge in [0.25, 0.3) is 0 Å². The molecule has 2 atom stereocenters. The lowest BCUT2D eigenvalue weighted by atomic mass is 10.0. The fourth-order valence-electron chi connectivity index (χ4n) is 2.72. The molecule has 0 aromatic carbocycles. The number of hydrogen-bond acceptors (Lipinski definition) is 6. The predicted octanol–water partition coefficient (Wildman–Crippen LogP) is 0.383. The maximum Gasteiger partial charge on any atom is 0.404 e. The minimum absolute atomic E-state index is 0.0513. The van der Waals surface area contributed by atoms with Gasteiger partial charge in [0.05, 0.1) is 0 Å². The van der Waals surface area contributed by atoms with Crippen LogP contribution in [-0.2, 0) is 10.1 Å². The van der Waals surface area contributed by atoms with Crippen molar-refractivity contribution in [1.29, 1.82) is 0 Å². The van der Waals surface area contributed by atoms with Gasteiger partial charge in [-0.25, -0.2) is 0 Å². The lowest BCUT2D eigenvalue weighted by Gasteiger charge is -2.15. The molecule has 1 aromatic heterocycles. The van der Waals surface area contributed by atoms with Crippen LogP contribution >= 0.6 is 0 Å². The monoisotopic (exact) mass is 323 g/mol. The van der Waals surface area contributed by atoms with Gasteiger partial charge in [-0.15, -0.1) is 0 Å². The van der Waals surface area contributed by atoms with Crippen molar-refractivity contribution in [2.75, 3.05) is 6.61 Å². The van der Waals surface area contributed by atoms with E-state index in [1.165, 1.54) is 0 Å². The van der Waals surface area contributed by atoms with Gasteiger partial charge in [-0.3, -0.25) is 4.28 Å². The van der Waals surface area contributed by atoms with E-state index in [1.807, 2.05) is 0 Å². The molecule has 2 aliphatic rings. The van der Waals surface area contributed by atoms with Crippen LogP contribution in [0.4, 0.5) is 8.78 Å². The number of aromatic hydroxyl groups is 2. The Bertz CT molecular complexity index is 703. The van der Waals surface area contributed by atoms with E-state index in [1.54, 1.807) is 12.2 Å². The second-order valence-corrected chi connectivity index (χ2v) is 6.58. The number of fused-ring (bicyclic) bond motifs is 5. The molecule has 2 bridgehead atoms. The minimum Gasteiger partial charge on any atom is -0.492 e. The summed E-state index contributed by atoms with van der Waals surface area (Å²) >= 11 is 0. The summed E-state index contributed by atoms with van der Waals surface area (Å²) in [6.45, 7) is -1.98. The molecule has 10 heteroatoms. The number of alkyl halides is 2. The van der Waals surface area contributed by atoms with Crippen LogP contribution in [0.5, 0.6) is 11.8 Å². The van der Waals surface area contributed by atoms with E-state index in [0.29, 0.717) is 6.42 Å². The molecule has 3 rings (SSSR count). The molecule has 7 nitrogen and oxygen atoms in total. The largest absolute Gasteiger partial charge is 0.492 e. The summed E-state index contributed by atoms with van der Waals surface area (Å²) in [5.41, 5.74) is 0.532. The molecule has 0 spiro atoms. The number of allylic oxidation sites excluding steroid dienone is 2. The second-order valence-electron chi connectivity index (χ2n) is 4.93. The van der Waals surface area contributed by atoms with Crippen LogP contribution in [0.1, 0.15) is 29.4 Å². The highest BCUT2D eigenvalue weighted by atomic mass is 32.2. The van der Waals surface area contributed by atoms with Crippen molar-refractivity contribution in [1.82, 2.24) is 4.73 Å². The van der Waals surface area contributed by atoms with Crippen LogP contribution in [-0.4, -0.2) is 40.3 Å². The molecule has 0 fully saturated rings. The SMILES string of the molecule is O=S(=O)(On1c(O)c2c(c1O)C1C=CC2C1)C(F)(F)CO. The molecule has 116 valence electrons. The van der Waals surface area contributed by atoms with Gasteiger partial charge in [0, 0.05) is 23.0 Å². The normalized spacial score (nSPS) is 23.6. The van der Waals surface area contributed by atoms with Crippen molar-refractivity contribution in [3.05, 3.63) is 23.3 Å². The van der Waals surface area contributed by atoms with Crippen LogP contribution in [0.25, 0.3) is 0 Å². The van der Waals surface area contributed by atoms with Crippen LogP contribution in [0, 0.1) is 0 Å². The summed E-state index contributed by atoms with van der Waals surface area (Å²) in [6, 6.07) is 0. The van der Waals surface area contributed by atoms with Crippen molar-refractivity contribution in [3.8, 4) is 11.8 Å². The Labute approximate surface area is 117 Å². The van der Waals surface area contributed by atoms with Gasteiger partial charge in [0.2, 0.25) is 11.8 Å². The van der Waals surface area contributed by atoms with E-state index < -0.39 is 33.7 Å². The number of aromatic nitrogens is 1. The highest BCUT2D eigenvalue weighted by molar-refractivity contribution is 7.88. The third-order valence-corrected chi connectivity index (χ3v) is 4.91. The molecule has 2 aliphatic carbocycles. The van der Waals surface area contributed by atoms with E-state index >= 15 is 0 Å². The maximum atomic E-state index is 13.1. The quantitative estimate of drug-likeness (QED) is 0.691. The molecule has 0 amide bonds. The smallest absolute Gasteiger partial charge is 0.404 e. The number of hydrogen-bond donors (Lipinski definition) is 3. The average Bonchev–Trinajstić information content (AvgIpc) is 3.08. The van der Waals surface area contributed by atoms with Crippen molar-refractivity contribution in [2.45, 2.75) is 23.5 Å². The Morgan fingerprint density at radius 1 is 1.24 bits per heavy atom. The van der Waals surface area contributed by atoms with E-state index in [2.05, 4.69) is 4.28 Å². The molecule has 1 aromatic rings. The van der Waals surface area contributed by atoms with E-state index in [-0.39, 0.29) is 27.7 Å². The predicted molar refractivity (Wildman–Crippen MR) is 64.5 cm³/mol. The first-order chi connectivity index (χ1) is 9.69. The first-order valence-corrected chi connectivity index (χ1v) is 7.38. The molecule has 1 heterocycles. The molecule has 0 radical (unpaired) electrons. The minimum atomic E-state index is -5.57. The summed E-state index contributed by atoms with van der Waals surface area (Å²) in [5, 5.41) is 23.7. The first kappa shape index (κ1) is 14.1. The molecular formula is C11H11F2NO6S. The van der Waals surface area contributed by atoms with Gasteiger partial charge in [-0.2, -0.15) is 17.2 Å². The molecule has 21 heavy (non-hydrogen) atoms. The Kier molecular flexibility index (Phi) is 2.76. The number of rotatable bonds is 4. The van der Waals surface area contributed by atoms with E-state index in [0.717, 1.165) is 0 Å². The van der Waals surface area contributed by atoms with Gasteiger partial charge >= 0.3 is 15.4 Å². The van der Waals surface area contributed by atoms with Gasteiger partial charge in [-0.1, -0.05) is 16.9 Å². The van der Waals surface area contributed by atoms with Crippen LogP contribution in [0.3, 0.4) is 0 Å². The van der Waals surface area contributed by atoms with Crippen LogP contribution in [0.15, 0.2) is 12.2 Å². The van der Waals surface area contributed by atoms with Crippen LogP contribution in [0.2, 0.25) is 0 Å². The standard InChI is InChI=1S/C11H11F2NO6S/c12-11(13,4-15)21(18,19)20-14-9(16)7-5-1-2-6(3-5)8(7)10(14)17/h1-2,5-6,15-17H,3-4H2. The Morgan fingerprint density at radius 2 is 1.71 bits per heavy atom. The van der Waals surface area contributed by atoms with Gasteiger partial charge < -0.3 is 15.3 Å². The highest BCUT2D eigenvalue weighted by Crippen LogP contribution is 2.56. The molecular weight excluding hydrogens is 312 g/mol. The Balaban J connectivity index is 2.04. The number of aliphatic hydroxyl groups excluding tert-OH is 1. The van der Waals surface area contributed by atoms with E-state index in [4.69, 9.17) is 5.11 Å². The third-order valence-electron chi connectivity index (χ3n) is 3.70. The fourth-order valence-corrected chi connectivity index (χ4v) is 3.33. The summed E-state index contributed by atoms with van der Waals surface area (Å²) in [4.78, 5) is 0. The average molecular weight is 323 g/mol. The number of nitrogens with zero attached hydrogens (tertiary/aromatic N) is 1. The zero-order valence-electron chi connectivity index (χ0n) is 10.4. The van der Waals surface area contributed by atoms with Crippen molar-refractivity contribution in [2.24, 2.45) is 0 Å². The van der Waals surface area contributed by atoms with Crippen molar-refractivity contribution >= 4 is 10.1 Å². The topological polar surface area (TPSA) is 109 Å². The fraction of sp³-hybridized carbons (Fsp3) is 0.455. The van der Waals surface area contributed by atoms with Gasteiger partial charge in [-0.05, 0) is 6.42 Å². The maximum absolute atomic E-state index is 13.1. The Hall–Kier alpha value is -1.81. The number of aliphatic hydroxyl groups is 1. The second kappa shape index (κ2) is 4.10. The highest BCUT2D eigenvalue weighted by Gasteiger charge is 2.49. The lowest BCUT2D eigenvalue weighted by molar-refractivity contribution is 0.0120. The summed E-state index contributed by atoms with van der Waals surface area (Å²) in [6.07, 6.45) is 4.16. The molecule has 0 saturated carbocycles. The zero-order chi connectivity index (χ0) is 15.6. The van der Waals surface area contributed by atoms with E-state index in [9.17, 15) is 27.4 Å². The molecule has 0 saturated heterocycles. The summed E-state index contributed by atoms with van der Waals surface area (Å²) in [5.74, 6) is -1.92. The summed E-state index contributed by atoms with van der Waals surface area (Å²) < 4.78 is 53.1. The zero-order valence-corrected chi connectivity index (χ0v) is 11.2. The lowest BCUT2D eigenvalue weighted by Crippen LogP contribution is -2.39. The van der Waals surface area contributed by atoms with Crippen LogP contribution < -0.4 is 4.28 Å². The van der Waals surface area contributed by atoms with Crippen molar-refractivity contribution < 1.29 is 36.8 Å². The first-order valence-electron chi connectivity index (χ1n) is 5.97. The van der Waals surface area contributed by atoms with Gasteiger partial charge in [0.1, 0.15) is 6.61 Å². The molecule has 2 unspecified atom stereocenters. The van der Waals surface area contributed by atoms with Crippen molar-refractivity contribution in [3.63, 3.8) is 0 Å². The molecule has 3 N–H and O–H groups in total. The third kappa shape index (κ3) is 1.75. The number of halogens is 2. The Morgan fingerprint density at radius 3 is 2.14 bits per heavy atom. The van der Waals surface area contributed by atoms with Gasteiger partial charge in [0.15, 0.2) is 0 Å².